The third-order valence-electron chi connectivity index (χ3n) is 3.15. The number of ether oxygens (including phenoxy) is 1. The maximum absolute atomic E-state index is 13.0. The molecule has 0 unspecified atom stereocenters. The molecule has 0 aromatic heterocycles. The van der Waals surface area contributed by atoms with Crippen molar-refractivity contribution < 1.29 is 27.7 Å². The molecule has 1 rings (SSSR count). The number of benzene rings is 1. The molecule has 0 atom stereocenters. The average molecular weight is 289 g/mol. The molecule has 1 aromatic rings. The first-order valence-electron chi connectivity index (χ1n) is 6.01. The summed E-state index contributed by atoms with van der Waals surface area (Å²) in [6.07, 6.45) is 0. The zero-order valence-corrected chi connectivity index (χ0v) is 11.8. The van der Waals surface area contributed by atoms with Crippen LogP contribution in [0.15, 0.2) is 18.2 Å². The van der Waals surface area contributed by atoms with Crippen LogP contribution in [0, 0.1) is 5.82 Å². The molecule has 0 spiro atoms. The van der Waals surface area contributed by atoms with Crippen LogP contribution in [0.4, 0.5) is 13.2 Å². The summed E-state index contributed by atoms with van der Waals surface area (Å²) in [5.74, 6) is -1.02. The van der Waals surface area contributed by atoms with Gasteiger partial charge in [0.25, 0.3) is 0 Å². The first-order valence-corrected chi connectivity index (χ1v) is 6.01. The van der Waals surface area contributed by atoms with E-state index in [1.165, 1.54) is 6.07 Å². The van der Waals surface area contributed by atoms with E-state index in [1.807, 2.05) is 0 Å². The van der Waals surface area contributed by atoms with Gasteiger partial charge < -0.3 is 14.5 Å². The molecule has 1 radical (unpaired) electrons. The molecule has 20 heavy (non-hydrogen) atoms. The van der Waals surface area contributed by atoms with Gasteiger partial charge in [0, 0.05) is 6.07 Å². The minimum absolute atomic E-state index is 0.157. The van der Waals surface area contributed by atoms with Gasteiger partial charge in [0.2, 0.25) is 0 Å². The highest BCUT2D eigenvalue weighted by Crippen LogP contribution is 2.24. The summed E-state index contributed by atoms with van der Waals surface area (Å²) in [6, 6.07) is 3.20. The Hall–Kier alpha value is -1.21. The highest BCUT2D eigenvalue weighted by molar-refractivity contribution is 6.48. The lowest BCUT2D eigenvalue weighted by molar-refractivity contribution is -0.0895. The van der Waals surface area contributed by atoms with Crippen molar-refractivity contribution in [3.63, 3.8) is 0 Å². The van der Waals surface area contributed by atoms with Crippen molar-refractivity contribution in [2.24, 2.45) is 0 Å². The summed E-state index contributed by atoms with van der Waals surface area (Å²) in [7, 11) is 1.16. The number of hydrogen-bond acceptors (Lipinski definition) is 3. The molecule has 0 aliphatic carbocycles. The van der Waals surface area contributed by atoms with Gasteiger partial charge in [0.05, 0.1) is 11.2 Å². The van der Waals surface area contributed by atoms with E-state index in [-0.39, 0.29) is 11.2 Å². The van der Waals surface area contributed by atoms with Crippen LogP contribution in [0.1, 0.15) is 27.7 Å². The molecule has 0 amide bonds. The van der Waals surface area contributed by atoms with Gasteiger partial charge in [-0.15, -0.1) is 0 Å². The predicted octanol–water partition coefficient (Wildman–Crippen LogP) is 2.24. The second kappa shape index (κ2) is 6.05. The lowest BCUT2D eigenvalue weighted by atomic mass is 9.82. The summed E-state index contributed by atoms with van der Waals surface area (Å²) in [4.78, 5) is 0. The fourth-order valence-corrected chi connectivity index (χ4v) is 1.16. The van der Waals surface area contributed by atoms with Crippen LogP contribution in [0.3, 0.4) is 0 Å². The molecule has 0 fully saturated rings. The summed E-state index contributed by atoms with van der Waals surface area (Å²) in [5.41, 5.74) is -1.97. The molecule has 7 heteroatoms. The van der Waals surface area contributed by atoms with Crippen LogP contribution in [-0.4, -0.2) is 30.4 Å². The number of alkyl halides is 2. The Kier molecular flexibility index (Phi) is 5.10. The third kappa shape index (κ3) is 4.42. The molecule has 3 nitrogen and oxygen atoms in total. The van der Waals surface area contributed by atoms with E-state index in [4.69, 9.17) is 4.65 Å². The normalized spacial score (nSPS) is 12.7. The second-order valence-corrected chi connectivity index (χ2v) is 5.37. The minimum atomic E-state index is -3.06. The van der Waals surface area contributed by atoms with Gasteiger partial charge in [0.1, 0.15) is 11.6 Å². The van der Waals surface area contributed by atoms with Crippen molar-refractivity contribution in [1.82, 2.24) is 0 Å². The van der Waals surface area contributed by atoms with Crippen LogP contribution in [0.25, 0.3) is 0 Å². The van der Waals surface area contributed by atoms with Gasteiger partial charge in [-0.2, -0.15) is 8.78 Å². The Balaban J connectivity index is 2.87. The van der Waals surface area contributed by atoms with E-state index in [1.54, 1.807) is 27.7 Å². The summed E-state index contributed by atoms with van der Waals surface area (Å²) in [6.45, 7) is 3.33. The highest BCUT2D eigenvalue weighted by Gasteiger charge is 2.36. The Bertz CT molecular complexity index is 459. The van der Waals surface area contributed by atoms with E-state index >= 15 is 0 Å². The smallest absolute Gasteiger partial charge is 0.387 e. The molecule has 0 aliphatic rings. The summed E-state index contributed by atoms with van der Waals surface area (Å²) >= 11 is 0. The largest absolute Gasteiger partial charge is 0.435 e. The molecule has 1 N–H and O–H groups in total. The Morgan fingerprint density at radius 3 is 2.30 bits per heavy atom. The average Bonchev–Trinajstić information content (AvgIpc) is 2.25. The SMILES string of the molecule is CC(C)(O)C(C)(C)O[B]c1ccc(F)cc1OC(F)F. The van der Waals surface area contributed by atoms with Crippen LogP contribution in [-0.2, 0) is 4.65 Å². The lowest BCUT2D eigenvalue weighted by Crippen LogP contribution is -2.49. The van der Waals surface area contributed by atoms with Gasteiger partial charge in [-0.25, -0.2) is 4.39 Å². The molecule has 0 saturated heterocycles. The zero-order chi connectivity index (χ0) is 15.6. The van der Waals surface area contributed by atoms with Gasteiger partial charge in [-0.1, -0.05) is 6.07 Å². The van der Waals surface area contributed by atoms with E-state index in [9.17, 15) is 18.3 Å². The number of hydrogen-bond donors (Lipinski definition) is 1. The minimum Gasteiger partial charge on any atom is -0.435 e. The van der Waals surface area contributed by atoms with Crippen LogP contribution >= 0.6 is 0 Å². The fraction of sp³-hybridized carbons (Fsp3) is 0.538. The molecule has 0 aliphatic heterocycles. The third-order valence-corrected chi connectivity index (χ3v) is 3.15. The van der Waals surface area contributed by atoms with Crippen molar-refractivity contribution in [3.05, 3.63) is 24.0 Å². The van der Waals surface area contributed by atoms with Crippen molar-refractivity contribution in [1.29, 1.82) is 0 Å². The van der Waals surface area contributed by atoms with Crippen molar-refractivity contribution in [3.8, 4) is 5.75 Å². The summed E-state index contributed by atoms with van der Waals surface area (Å²) < 4.78 is 47.2. The maximum atomic E-state index is 13.0. The maximum Gasteiger partial charge on any atom is 0.387 e. The van der Waals surface area contributed by atoms with Crippen LogP contribution in [0.2, 0.25) is 0 Å². The molecular formula is C13H17BF3O3. The quantitative estimate of drug-likeness (QED) is 0.816. The first kappa shape index (κ1) is 16.8. The van der Waals surface area contributed by atoms with Crippen molar-refractivity contribution >= 4 is 12.9 Å². The Morgan fingerprint density at radius 1 is 1.20 bits per heavy atom. The lowest BCUT2D eigenvalue weighted by Gasteiger charge is -2.37. The number of rotatable bonds is 6. The van der Waals surface area contributed by atoms with Gasteiger partial charge in [-0.05, 0) is 39.2 Å². The number of aliphatic hydroxyl groups is 1. The van der Waals surface area contributed by atoms with Gasteiger partial charge in [-0.3, -0.25) is 0 Å². The summed E-state index contributed by atoms with van der Waals surface area (Å²) in [5, 5.41) is 9.93. The molecule has 0 bridgehead atoms. The van der Waals surface area contributed by atoms with Crippen molar-refractivity contribution in [2.45, 2.75) is 45.5 Å². The van der Waals surface area contributed by atoms with Gasteiger partial charge >= 0.3 is 14.1 Å². The van der Waals surface area contributed by atoms with Crippen LogP contribution < -0.4 is 10.2 Å². The number of halogens is 3. The monoisotopic (exact) mass is 289 g/mol. The topological polar surface area (TPSA) is 38.7 Å². The van der Waals surface area contributed by atoms with Gasteiger partial charge in [0.15, 0.2) is 0 Å². The Morgan fingerprint density at radius 2 is 1.80 bits per heavy atom. The molecule has 0 heterocycles. The molecule has 0 saturated carbocycles. The van der Waals surface area contributed by atoms with E-state index in [2.05, 4.69) is 4.74 Å². The predicted molar refractivity (Wildman–Crippen MR) is 69.9 cm³/mol. The molecular weight excluding hydrogens is 272 g/mol. The van der Waals surface area contributed by atoms with Crippen LogP contribution in [0.5, 0.6) is 5.75 Å². The first-order chi connectivity index (χ1) is 9.03. The van der Waals surface area contributed by atoms with E-state index < -0.39 is 23.6 Å². The second-order valence-electron chi connectivity index (χ2n) is 5.37. The standard InChI is InChI=1S/C13H17BF3O3/c1-12(2,18)13(3,4)20-14-9-6-5-8(15)7-10(9)19-11(16)17/h5-7,11,18H,1-4H3. The molecule has 111 valence electrons. The molecule has 1 aromatic carbocycles. The fourth-order valence-electron chi connectivity index (χ4n) is 1.16. The van der Waals surface area contributed by atoms with E-state index in [0.717, 1.165) is 19.6 Å². The highest BCUT2D eigenvalue weighted by atomic mass is 19.3. The van der Waals surface area contributed by atoms with E-state index in [0.29, 0.717) is 0 Å². The Labute approximate surface area is 117 Å². The zero-order valence-electron chi connectivity index (χ0n) is 11.8. The van der Waals surface area contributed by atoms with Crippen molar-refractivity contribution in [2.75, 3.05) is 0 Å².